The molecule has 1 aliphatic heterocycles. The molecule has 1 saturated heterocycles. The molecule has 3 rings (SSSR count). The minimum Gasteiger partial charge on any atom is -0.324 e. The number of benzene rings is 1. The number of nitrogens with zero attached hydrogens (tertiary/aromatic N) is 4. The smallest absolute Gasteiger partial charge is 0.321 e. The summed E-state index contributed by atoms with van der Waals surface area (Å²) in [6.07, 6.45) is 3.73. The van der Waals surface area contributed by atoms with Crippen LogP contribution in [0.2, 0.25) is 5.02 Å². The van der Waals surface area contributed by atoms with Crippen molar-refractivity contribution in [3.05, 3.63) is 40.9 Å². The molecule has 2 amide bonds. The molecule has 0 saturated carbocycles. The first-order valence-corrected chi connectivity index (χ1v) is 8.66. The third kappa shape index (κ3) is 3.53. The molecule has 2 heterocycles. The fourth-order valence-corrected chi connectivity index (χ4v) is 3.39. The van der Waals surface area contributed by atoms with Gasteiger partial charge in [-0.25, -0.2) is 4.79 Å². The van der Waals surface area contributed by atoms with Crippen molar-refractivity contribution in [3.63, 3.8) is 0 Å². The van der Waals surface area contributed by atoms with Gasteiger partial charge >= 0.3 is 6.03 Å². The van der Waals surface area contributed by atoms with E-state index in [1.165, 1.54) is 0 Å². The highest BCUT2D eigenvalue weighted by atomic mass is 35.5. The van der Waals surface area contributed by atoms with Crippen LogP contribution in [-0.4, -0.2) is 38.8 Å². The number of likely N-dealkylation sites (tertiary alicyclic amines) is 1. The topological polar surface area (TPSA) is 63.1 Å². The zero-order valence-electron chi connectivity index (χ0n) is 14.0. The van der Waals surface area contributed by atoms with Gasteiger partial charge in [-0.15, -0.1) is 10.2 Å². The first-order valence-electron chi connectivity index (χ1n) is 8.28. The number of aromatic nitrogens is 3. The molecular formula is C17H22ClN5O. The fraction of sp³-hybridized carbons (Fsp3) is 0.471. The molecule has 0 aliphatic carbocycles. The van der Waals surface area contributed by atoms with Gasteiger partial charge in [0.2, 0.25) is 0 Å². The number of anilines is 1. The van der Waals surface area contributed by atoms with Gasteiger partial charge in [0.15, 0.2) is 0 Å². The monoisotopic (exact) mass is 347 g/mol. The number of rotatable bonds is 3. The maximum Gasteiger partial charge on any atom is 0.321 e. The standard InChI is InChI=1S/C17H22ClN5O/c1-3-22-11-19-21-16(22)13-5-4-8-23(10-13)17(24)20-15-7-6-12(2)9-14(15)18/h6-7,9,11,13H,3-5,8,10H2,1-2H3,(H,20,24). The second-order valence-electron chi connectivity index (χ2n) is 6.17. The van der Waals surface area contributed by atoms with Gasteiger partial charge in [0, 0.05) is 25.6 Å². The van der Waals surface area contributed by atoms with E-state index in [0.29, 0.717) is 17.3 Å². The number of aryl methyl sites for hydroxylation is 2. The Morgan fingerprint density at radius 1 is 1.46 bits per heavy atom. The van der Waals surface area contributed by atoms with Crippen molar-refractivity contribution in [1.82, 2.24) is 19.7 Å². The Bertz CT molecular complexity index is 730. The first-order chi connectivity index (χ1) is 11.6. The van der Waals surface area contributed by atoms with Crippen LogP contribution in [0.4, 0.5) is 10.5 Å². The highest BCUT2D eigenvalue weighted by Crippen LogP contribution is 2.27. The lowest BCUT2D eigenvalue weighted by Gasteiger charge is -2.32. The van der Waals surface area contributed by atoms with Crippen molar-refractivity contribution in [2.45, 2.75) is 39.2 Å². The van der Waals surface area contributed by atoms with Crippen LogP contribution in [0, 0.1) is 6.92 Å². The van der Waals surface area contributed by atoms with Crippen LogP contribution in [0.3, 0.4) is 0 Å². The van der Waals surface area contributed by atoms with Gasteiger partial charge in [0.05, 0.1) is 10.7 Å². The molecule has 1 aliphatic rings. The maximum absolute atomic E-state index is 12.6. The Kier molecular flexibility index (Phi) is 5.04. The summed E-state index contributed by atoms with van der Waals surface area (Å²) < 4.78 is 2.04. The summed E-state index contributed by atoms with van der Waals surface area (Å²) in [6.45, 7) is 6.26. The molecule has 0 spiro atoms. The van der Waals surface area contributed by atoms with Crippen LogP contribution in [0.15, 0.2) is 24.5 Å². The molecule has 24 heavy (non-hydrogen) atoms. The molecule has 128 valence electrons. The molecule has 1 unspecified atom stereocenters. The number of carbonyl (C=O) groups is 1. The summed E-state index contributed by atoms with van der Waals surface area (Å²) in [5.41, 5.74) is 1.71. The van der Waals surface area contributed by atoms with Gasteiger partial charge in [-0.3, -0.25) is 0 Å². The van der Waals surface area contributed by atoms with Crippen LogP contribution in [0.1, 0.15) is 37.1 Å². The lowest BCUT2D eigenvalue weighted by molar-refractivity contribution is 0.190. The highest BCUT2D eigenvalue weighted by Gasteiger charge is 2.28. The maximum atomic E-state index is 12.6. The van der Waals surface area contributed by atoms with Gasteiger partial charge in [0.25, 0.3) is 0 Å². The Hall–Kier alpha value is -2.08. The van der Waals surface area contributed by atoms with E-state index in [1.54, 1.807) is 6.33 Å². The summed E-state index contributed by atoms with van der Waals surface area (Å²) in [7, 11) is 0. The van der Waals surface area contributed by atoms with E-state index in [2.05, 4.69) is 22.4 Å². The van der Waals surface area contributed by atoms with Crippen LogP contribution >= 0.6 is 11.6 Å². The average molecular weight is 348 g/mol. The van der Waals surface area contributed by atoms with E-state index in [-0.39, 0.29) is 11.9 Å². The number of hydrogen-bond donors (Lipinski definition) is 1. The minimum atomic E-state index is -0.118. The van der Waals surface area contributed by atoms with Crippen molar-refractivity contribution in [3.8, 4) is 0 Å². The Labute approximate surface area is 146 Å². The number of halogens is 1. The van der Waals surface area contributed by atoms with E-state index >= 15 is 0 Å². The van der Waals surface area contributed by atoms with Gasteiger partial charge in [0.1, 0.15) is 12.2 Å². The molecule has 2 aromatic rings. The largest absolute Gasteiger partial charge is 0.324 e. The predicted molar refractivity (Wildman–Crippen MR) is 94.5 cm³/mol. The summed E-state index contributed by atoms with van der Waals surface area (Å²) in [6, 6.07) is 5.50. The lowest BCUT2D eigenvalue weighted by atomic mass is 9.97. The predicted octanol–water partition coefficient (Wildman–Crippen LogP) is 3.67. The number of carbonyl (C=O) groups excluding carboxylic acids is 1. The Morgan fingerprint density at radius 3 is 3.04 bits per heavy atom. The molecule has 7 heteroatoms. The van der Waals surface area contributed by atoms with Crippen LogP contribution in [0.5, 0.6) is 0 Å². The van der Waals surface area contributed by atoms with E-state index in [0.717, 1.165) is 37.3 Å². The number of urea groups is 1. The molecule has 1 atom stereocenters. The molecule has 1 aromatic carbocycles. The van der Waals surface area contributed by atoms with Gasteiger partial charge in [-0.2, -0.15) is 0 Å². The Balaban J connectivity index is 1.69. The van der Waals surface area contributed by atoms with Crippen LogP contribution in [0.25, 0.3) is 0 Å². The third-order valence-corrected chi connectivity index (χ3v) is 4.74. The second-order valence-corrected chi connectivity index (χ2v) is 6.58. The molecule has 0 bridgehead atoms. The van der Waals surface area contributed by atoms with Gasteiger partial charge in [-0.05, 0) is 44.4 Å². The van der Waals surface area contributed by atoms with Gasteiger partial charge in [-0.1, -0.05) is 17.7 Å². The second kappa shape index (κ2) is 7.21. The zero-order valence-corrected chi connectivity index (χ0v) is 14.8. The third-order valence-electron chi connectivity index (χ3n) is 4.43. The molecule has 1 aromatic heterocycles. The van der Waals surface area contributed by atoms with E-state index in [9.17, 15) is 4.79 Å². The number of piperidine rings is 1. The fourth-order valence-electron chi connectivity index (χ4n) is 3.11. The van der Waals surface area contributed by atoms with Crippen molar-refractivity contribution in [2.75, 3.05) is 18.4 Å². The molecule has 1 fully saturated rings. The zero-order chi connectivity index (χ0) is 17.1. The van der Waals surface area contributed by atoms with E-state index in [4.69, 9.17) is 11.6 Å². The van der Waals surface area contributed by atoms with Crippen molar-refractivity contribution >= 4 is 23.3 Å². The van der Waals surface area contributed by atoms with Crippen LogP contribution < -0.4 is 5.32 Å². The molecular weight excluding hydrogens is 326 g/mol. The highest BCUT2D eigenvalue weighted by molar-refractivity contribution is 6.33. The van der Waals surface area contributed by atoms with Crippen LogP contribution in [-0.2, 0) is 6.54 Å². The number of hydrogen-bond acceptors (Lipinski definition) is 3. The summed E-state index contributed by atoms with van der Waals surface area (Å²) in [4.78, 5) is 14.4. The van der Waals surface area contributed by atoms with E-state index < -0.39 is 0 Å². The summed E-state index contributed by atoms with van der Waals surface area (Å²) in [5.74, 6) is 1.18. The van der Waals surface area contributed by atoms with Crippen molar-refractivity contribution in [2.24, 2.45) is 0 Å². The first kappa shape index (κ1) is 16.8. The SMILES string of the molecule is CCn1cnnc1C1CCCN(C(=O)Nc2ccc(C)cc2Cl)C1. The Morgan fingerprint density at radius 2 is 2.29 bits per heavy atom. The van der Waals surface area contributed by atoms with E-state index in [1.807, 2.05) is 34.6 Å². The normalized spacial score (nSPS) is 17.8. The number of amides is 2. The van der Waals surface area contributed by atoms with Crippen molar-refractivity contribution in [1.29, 1.82) is 0 Å². The summed E-state index contributed by atoms with van der Waals surface area (Å²) >= 11 is 6.21. The van der Waals surface area contributed by atoms with Gasteiger partial charge < -0.3 is 14.8 Å². The minimum absolute atomic E-state index is 0.118. The number of nitrogens with one attached hydrogen (secondary N) is 1. The molecule has 0 radical (unpaired) electrons. The summed E-state index contributed by atoms with van der Waals surface area (Å²) in [5, 5.41) is 11.7. The van der Waals surface area contributed by atoms with Crippen molar-refractivity contribution < 1.29 is 4.79 Å². The quantitative estimate of drug-likeness (QED) is 0.921. The molecule has 6 nitrogen and oxygen atoms in total. The molecule has 1 N–H and O–H groups in total. The average Bonchev–Trinajstić information content (AvgIpc) is 3.06. The lowest BCUT2D eigenvalue weighted by Crippen LogP contribution is -2.42.